The summed E-state index contributed by atoms with van der Waals surface area (Å²) < 4.78 is 2.32. The number of phenolic OH excluding ortho intramolecular Hbond substituents is 1. The zero-order chi connectivity index (χ0) is 20.8. The predicted octanol–water partition coefficient (Wildman–Crippen LogP) is 4.92. The number of benzene rings is 3. The summed E-state index contributed by atoms with van der Waals surface area (Å²) in [5, 5.41) is 19.6. The Morgan fingerprint density at radius 2 is 1.43 bits per heavy atom. The summed E-state index contributed by atoms with van der Waals surface area (Å²) in [5.74, 6) is 0.217. The van der Waals surface area contributed by atoms with Gasteiger partial charge in [-0.1, -0.05) is 34.6 Å². The maximum absolute atomic E-state index is 9.24. The van der Waals surface area contributed by atoms with Gasteiger partial charge in [-0.05, 0) is 60.5 Å². The molecule has 1 N–H and O–H groups in total. The summed E-state index contributed by atoms with van der Waals surface area (Å²) in [6.45, 7) is 3.66. The second kappa shape index (κ2) is 9.13. The van der Waals surface area contributed by atoms with Crippen molar-refractivity contribution in [2.24, 2.45) is 10.3 Å². The lowest BCUT2D eigenvalue weighted by atomic mass is 10.1. The first kappa shape index (κ1) is 19.5. The molecule has 0 amide bonds. The molecule has 152 valence electrons. The van der Waals surface area contributed by atoms with E-state index in [-0.39, 0.29) is 12.4 Å². The number of aromatic hydroxyl groups is 1. The Labute approximate surface area is 174 Å². The summed E-state index contributed by atoms with van der Waals surface area (Å²) in [6.07, 6.45) is 3.28. The highest BCUT2D eigenvalue weighted by Crippen LogP contribution is 2.29. The third kappa shape index (κ3) is 4.27. The van der Waals surface area contributed by atoms with Gasteiger partial charge >= 0.3 is 0 Å². The van der Waals surface area contributed by atoms with Crippen LogP contribution in [-0.2, 0) is 16.2 Å². The Hall–Kier alpha value is -3.80. The minimum atomic E-state index is 0.217. The third-order valence-electron chi connectivity index (χ3n) is 4.82. The maximum atomic E-state index is 9.24. The van der Waals surface area contributed by atoms with Crippen molar-refractivity contribution < 1.29 is 14.8 Å². The highest BCUT2D eigenvalue weighted by molar-refractivity contribution is 6.09. The largest absolute Gasteiger partial charge is 0.508 e. The van der Waals surface area contributed by atoms with E-state index in [0.717, 1.165) is 17.7 Å². The van der Waals surface area contributed by atoms with Gasteiger partial charge in [0.2, 0.25) is 0 Å². The summed E-state index contributed by atoms with van der Waals surface area (Å²) in [7, 11) is 0. The Balaban J connectivity index is 1.32. The van der Waals surface area contributed by atoms with Crippen LogP contribution in [0.1, 0.15) is 18.1 Å². The number of aromatic nitrogens is 1. The zero-order valence-corrected chi connectivity index (χ0v) is 16.7. The average Bonchev–Trinajstić information content (AvgIpc) is 3.10. The van der Waals surface area contributed by atoms with E-state index >= 15 is 0 Å². The summed E-state index contributed by atoms with van der Waals surface area (Å²) in [5.41, 5.74) is 4.28. The lowest BCUT2D eigenvalue weighted by Crippen LogP contribution is -1.98. The van der Waals surface area contributed by atoms with Gasteiger partial charge in [-0.25, -0.2) is 0 Å². The number of rotatable bonds is 8. The summed E-state index contributed by atoms with van der Waals surface area (Å²) >= 11 is 0. The minimum Gasteiger partial charge on any atom is -0.508 e. The lowest BCUT2D eigenvalue weighted by Gasteiger charge is -2.02. The van der Waals surface area contributed by atoms with Crippen LogP contribution >= 0.6 is 0 Å². The molecule has 30 heavy (non-hydrogen) atoms. The quantitative estimate of drug-likeness (QED) is 0.259. The number of phenols is 1. The van der Waals surface area contributed by atoms with Crippen LogP contribution in [0.3, 0.4) is 0 Å². The van der Waals surface area contributed by atoms with Crippen LogP contribution in [0.2, 0.25) is 0 Å². The van der Waals surface area contributed by atoms with Gasteiger partial charge in [0, 0.05) is 28.4 Å². The Morgan fingerprint density at radius 1 is 0.800 bits per heavy atom. The molecule has 1 heterocycles. The molecular weight excluding hydrogens is 378 g/mol. The molecule has 0 fully saturated rings. The van der Waals surface area contributed by atoms with Crippen molar-refractivity contribution in [3.05, 3.63) is 77.9 Å². The van der Waals surface area contributed by atoms with Gasteiger partial charge in [-0.3, -0.25) is 0 Å². The van der Waals surface area contributed by atoms with Crippen molar-refractivity contribution in [2.45, 2.75) is 13.5 Å². The number of fused-ring (bicyclic) bond motifs is 3. The highest BCUT2D eigenvalue weighted by Gasteiger charge is 2.09. The van der Waals surface area contributed by atoms with Gasteiger partial charge < -0.3 is 19.3 Å². The summed E-state index contributed by atoms with van der Waals surface area (Å²) in [4.78, 5) is 10.4. The molecule has 0 aliphatic rings. The van der Waals surface area contributed by atoms with Crippen molar-refractivity contribution in [1.82, 2.24) is 4.57 Å². The van der Waals surface area contributed by atoms with Crippen LogP contribution in [0, 0.1) is 0 Å². The number of nitrogens with zero attached hydrogens (tertiary/aromatic N) is 3. The van der Waals surface area contributed by atoms with E-state index < -0.39 is 0 Å². The van der Waals surface area contributed by atoms with Crippen molar-refractivity contribution >= 4 is 34.2 Å². The van der Waals surface area contributed by atoms with Crippen LogP contribution < -0.4 is 0 Å². The molecule has 0 saturated carbocycles. The van der Waals surface area contributed by atoms with Gasteiger partial charge in [0.05, 0.1) is 12.4 Å². The molecule has 0 spiro atoms. The van der Waals surface area contributed by atoms with E-state index in [0.29, 0.717) is 6.61 Å². The van der Waals surface area contributed by atoms with Crippen LogP contribution in [0.15, 0.2) is 77.0 Å². The van der Waals surface area contributed by atoms with Gasteiger partial charge in [-0.2, -0.15) is 0 Å². The van der Waals surface area contributed by atoms with Gasteiger partial charge in [-0.15, -0.1) is 0 Å². The van der Waals surface area contributed by atoms with Crippen molar-refractivity contribution in [3.8, 4) is 5.75 Å². The maximum Gasteiger partial charge on any atom is 0.153 e. The highest BCUT2D eigenvalue weighted by atomic mass is 16.7. The lowest BCUT2D eigenvalue weighted by molar-refractivity contribution is 0.0553. The predicted molar refractivity (Wildman–Crippen MR) is 120 cm³/mol. The molecule has 0 unspecified atom stereocenters. The second-order valence-corrected chi connectivity index (χ2v) is 6.76. The van der Waals surface area contributed by atoms with Gasteiger partial charge in [0.15, 0.2) is 13.2 Å². The van der Waals surface area contributed by atoms with Gasteiger partial charge in [0.1, 0.15) is 5.75 Å². The second-order valence-electron chi connectivity index (χ2n) is 6.76. The third-order valence-corrected chi connectivity index (χ3v) is 4.82. The van der Waals surface area contributed by atoms with Crippen molar-refractivity contribution in [2.75, 3.05) is 13.2 Å². The monoisotopic (exact) mass is 401 g/mol. The Morgan fingerprint density at radius 3 is 2.17 bits per heavy atom. The SMILES string of the molecule is CCn1c2ccccc2c2cc(/C=N/OCCO/N=C/c3ccc(O)cc3)ccc21. The number of hydrogen-bond donors (Lipinski definition) is 1. The van der Waals surface area contributed by atoms with Crippen molar-refractivity contribution in [1.29, 1.82) is 0 Å². The normalized spacial score (nSPS) is 11.8. The smallest absolute Gasteiger partial charge is 0.153 e. The number of para-hydroxylation sites is 1. The number of oxime groups is 2. The van der Waals surface area contributed by atoms with Gasteiger partial charge in [0.25, 0.3) is 0 Å². The average molecular weight is 401 g/mol. The molecule has 0 atom stereocenters. The Kier molecular flexibility index (Phi) is 5.94. The molecule has 0 saturated heterocycles. The first-order valence-electron chi connectivity index (χ1n) is 9.87. The first-order valence-corrected chi connectivity index (χ1v) is 9.87. The first-order chi connectivity index (χ1) is 14.8. The molecule has 1 aromatic heterocycles. The van der Waals surface area contributed by atoms with Crippen LogP contribution in [0.4, 0.5) is 0 Å². The molecule has 6 heteroatoms. The minimum absolute atomic E-state index is 0.217. The van der Waals surface area contributed by atoms with E-state index in [2.05, 4.69) is 58.2 Å². The molecule has 3 aromatic carbocycles. The topological polar surface area (TPSA) is 68.3 Å². The fourth-order valence-corrected chi connectivity index (χ4v) is 3.43. The molecule has 4 rings (SSSR count). The number of hydrogen-bond acceptors (Lipinski definition) is 5. The van der Waals surface area contributed by atoms with E-state index in [9.17, 15) is 5.11 Å². The molecule has 0 bridgehead atoms. The van der Waals surface area contributed by atoms with E-state index in [1.165, 1.54) is 21.8 Å². The molecule has 0 aliphatic carbocycles. The number of aryl methyl sites for hydroxylation is 1. The van der Waals surface area contributed by atoms with E-state index in [1.54, 1.807) is 36.7 Å². The molecule has 4 aromatic rings. The van der Waals surface area contributed by atoms with E-state index in [4.69, 9.17) is 9.68 Å². The molecular formula is C24H23N3O3. The fourth-order valence-electron chi connectivity index (χ4n) is 3.43. The van der Waals surface area contributed by atoms with Crippen molar-refractivity contribution in [3.63, 3.8) is 0 Å². The standard InChI is InChI=1S/C24H23N3O3/c1-2-27-23-6-4-3-5-21(23)22-15-19(9-12-24(22)27)17-26-30-14-13-29-25-16-18-7-10-20(28)11-8-18/h3-12,15-17,28H,2,13-14H2,1H3/b25-16+,26-17+. The van der Waals surface area contributed by atoms with Crippen LogP contribution in [0.5, 0.6) is 5.75 Å². The van der Waals surface area contributed by atoms with Crippen LogP contribution in [-0.4, -0.2) is 35.3 Å². The van der Waals surface area contributed by atoms with E-state index in [1.807, 2.05) is 6.07 Å². The summed E-state index contributed by atoms with van der Waals surface area (Å²) in [6, 6.07) is 21.4. The fraction of sp³-hybridized carbons (Fsp3) is 0.167. The van der Waals surface area contributed by atoms with Crippen LogP contribution in [0.25, 0.3) is 21.8 Å². The molecule has 0 radical (unpaired) electrons. The molecule has 0 aliphatic heterocycles. The zero-order valence-electron chi connectivity index (χ0n) is 16.7. The Bertz CT molecular complexity index is 1190. The molecule has 6 nitrogen and oxygen atoms in total.